The molecule has 0 bridgehead atoms. The minimum Gasteiger partial charge on any atom is -0.493 e. The van der Waals surface area contributed by atoms with Crippen LogP contribution in [0.2, 0.25) is 5.02 Å². The van der Waals surface area contributed by atoms with Crippen molar-refractivity contribution in [1.29, 1.82) is 0 Å². The molecule has 1 aromatic rings. The molecule has 0 spiro atoms. The van der Waals surface area contributed by atoms with Crippen molar-refractivity contribution in [3.8, 4) is 11.5 Å². The Hall–Kier alpha value is -0.930. The van der Waals surface area contributed by atoms with E-state index in [1.54, 1.807) is 13.2 Å². The van der Waals surface area contributed by atoms with Crippen LogP contribution in [0.4, 0.5) is 0 Å². The van der Waals surface area contributed by atoms with Gasteiger partial charge >= 0.3 is 0 Å². The quantitative estimate of drug-likeness (QED) is 0.882. The highest BCUT2D eigenvalue weighted by Crippen LogP contribution is 2.31. The van der Waals surface area contributed by atoms with Gasteiger partial charge < -0.3 is 14.8 Å². The second-order valence-corrected chi connectivity index (χ2v) is 4.30. The van der Waals surface area contributed by atoms with Gasteiger partial charge in [0.15, 0.2) is 11.5 Å². The molecular formula is C12H16ClNO2. The number of benzene rings is 1. The lowest BCUT2D eigenvalue weighted by atomic mass is 10.1. The fourth-order valence-corrected chi connectivity index (χ4v) is 1.99. The summed E-state index contributed by atoms with van der Waals surface area (Å²) in [6.07, 6.45) is 2.34. The Labute approximate surface area is 101 Å². The first-order valence-corrected chi connectivity index (χ1v) is 5.88. The molecule has 1 aromatic carbocycles. The number of methoxy groups -OCH3 is 1. The van der Waals surface area contributed by atoms with Gasteiger partial charge in [-0.1, -0.05) is 11.6 Å². The first kappa shape index (κ1) is 11.6. The third-order valence-electron chi connectivity index (χ3n) is 2.71. The molecule has 1 saturated heterocycles. The van der Waals surface area contributed by atoms with E-state index < -0.39 is 0 Å². The molecule has 1 N–H and O–H groups in total. The summed E-state index contributed by atoms with van der Waals surface area (Å²) in [4.78, 5) is 0. The van der Waals surface area contributed by atoms with Crippen molar-refractivity contribution in [3.05, 3.63) is 23.2 Å². The Morgan fingerprint density at radius 3 is 2.69 bits per heavy atom. The average molecular weight is 242 g/mol. The van der Waals surface area contributed by atoms with Gasteiger partial charge in [0.25, 0.3) is 0 Å². The molecular weight excluding hydrogens is 226 g/mol. The van der Waals surface area contributed by atoms with Crippen molar-refractivity contribution in [2.75, 3.05) is 20.2 Å². The SMILES string of the molecule is COc1cc(Cl)ccc1OC1CCNCC1. The summed E-state index contributed by atoms with van der Waals surface area (Å²) in [6.45, 7) is 2.03. The number of halogens is 1. The van der Waals surface area contributed by atoms with Crippen molar-refractivity contribution in [2.45, 2.75) is 18.9 Å². The molecule has 0 amide bonds. The smallest absolute Gasteiger partial charge is 0.162 e. The van der Waals surface area contributed by atoms with Crippen molar-refractivity contribution < 1.29 is 9.47 Å². The lowest BCUT2D eigenvalue weighted by Gasteiger charge is -2.24. The van der Waals surface area contributed by atoms with Gasteiger partial charge in [0.05, 0.1) is 7.11 Å². The topological polar surface area (TPSA) is 30.5 Å². The molecule has 0 saturated carbocycles. The Kier molecular flexibility index (Phi) is 3.91. The Morgan fingerprint density at radius 1 is 1.25 bits per heavy atom. The highest BCUT2D eigenvalue weighted by molar-refractivity contribution is 6.30. The Bertz CT molecular complexity index is 351. The third-order valence-corrected chi connectivity index (χ3v) is 2.94. The van der Waals surface area contributed by atoms with Gasteiger partial charge in [-0.05, 0) is 38.1 Å². The predicted molar refractivity (Wildman–Crippen MR) is 64.5 cm³/mol. The maximum absolute atomic E-state index is 5.91. The molecule has 2 rings (SSSR count). The number of hydrogen-bond donors (Lipinski definition) is 1. The van der Waals surface area contributed by atoms with E-state index in [9.17, 15) is 0 Å². The maximum atomic E-state index is 5.91. The van der Waals surface area contributed by atoms with E-state index in [1.807, 2.05) is 12.1 Å². The second-order valence-electron chi connectivity index (χ2n) is 3.86. The summed E-state index contributed by atoms with van der Waals surface area (Å²) >= 11 is 5.89. The molecule has 1 aliphatic rings. The first-order valence-electron chi connectivity index (χ1n) is 5.50. The Morgan fingerprint density at radius 2 is 2.00 bits per heavy atom. The van der Waals surface area contributed by atoms with E-state index >= 15 is 0 Å². The molecule has 0 aromatic heterocycles. The van der Waals surface area contributed by atoms with E-state index in [-0.39, 0.29) is 6.10 Å². The zero-order valence-corrected chi connectivity index (χ0v) is 10.1. The fraction of sp³-hybridized carbons (Fsp3) is 0.500. The van der Waals surface area contributed by atoms with Crippen LogP contribution < -0.4 is 14.8 Å². The predicted octanol–water partition coefficient (Wildman–Crippen LogP) is 2.48. The molecule has 1 heterocycles. The van der Waals surface area contributed by atoms with Crippen molar-refractivity contribution >= 4 is 11.6 Å². The zero-order chi connectivity index (χ0) is 11.4. The summed E-state index contributed by atoms with van der Waals surface area (Å²) in [5.41, 5.74) is 0. The summed E-state index contributed by atoms with van der Waals surface area (Å²) in [5, 5.41) is 3.97. The van der Waals surface area contributed by atoms with Crippen LogP contribution in [0.3, 0.4) is 0 Å². The van der Waals surface area contributed by atoms with Crippen molar-refractivity contribution in [1.82, 2.24) is 5.32 Å². The van der Waals surface area contributed by atoms with E-state index in [0.29, 0.717) is 10.8 Å². The van der Waals surface area contributed by atoms with Crippen LogP contribution in [-0.2, 0) is 0 Å². The van der Waals surface area contributed by atoms with Crippen LogP contribution in [0.25, 0.3) is 0 Å². The van der Waals surface area contributed by atoms with Gasteiger partial charge in [-0.3, -0.25) is 0 Å². The molecule has 0 atom stereocenters. The number of piperidine rings is 1. The summed E-state index contributed by atoms with van der Waals surface area (Å²) in [5.74, 6) is 1.48. The minimum absolute atomic E-state index is 0.274. The fourth-order valence-electron chi connectivity index (χ4n) is 1.83. The van der Waals surface area contributed by atoms with E-state index in [1.165, 1.54) is 0 Å². The average Bonchev–Trinajstić information content (AvgIpc) is 2.33. The van der Waals surface area contributed by atoms with Gasteiger partial charge in [-0.15, -0.1) is 0 Å². The van der Waals surface area contributed by atoms with Crippen molar-refractivity contribution in [3.63, 3.8) is 0 Å². The van der Waals surface area contributed by atoms with Gasteiger partial charge in [0, 0.05) is 11.1 Å². The molecule has 0 aliphatic carbocycles. The van der Waals surface area contributed by atoms with Crippen LogP contribution in [0.1, 0.15) is 12.8 Å². The largest absolute Gasteiger partial charge is 0.493 e. The summed E-state index contributed by atoms with van der Waals surface area (Å²) in [6, 6.07) is 5.46. The summed E-state index contributed by atoms with van der Waals surface area (Å²) < 4.78 is 11.2. The zero-order valence-electron chi connectivity index (χ0n) is 9.33. The highest BCUT2D eigenvalue weighted by atomic mass is 35.5. The normalized spacial score (nSPS) is 17.1. The lowest BCUT2D eigenvalue weighted by molar-refractivity contribution is 0.156. The summed E-state index contributed by atoms with van der Waals surface area (Å²) in [7, 11) is 1.63. The maximum Gasteiger partial charge on any atom is 0.162 e. The first-order chi connectivity index (χ1) is 7.79. The highest BCUT2D eigenvalue weighted by Gasteiger charge is 2.16. The number of hydrogen-bond acceptors (Lipinski definition) is 3. The van der Waals surface area contributed by atoms with Crippen LogP contribution in [0.15, 0.2) is 18.2 Å². The third kappa shape index (κ3) is 2.80. The van der Waals surface area contributed by atoms with Gasteiger partial charge in [0.1, 0.15) is 6.10 Å². The monoisotopic (exact) mass is 241 g/mol. The van der Waals surface area contributed by atoms with Crippen LogP contribution >= 0.6 is 11.6 Å². The molecule has 3 nitrogen and oxygen atoms in total. The number of nitrogens with one attached hydrogen (secondary N) is 1. The van der Waals surface area contributed by atoms with Gasteiger partial charge in [-0.25, -0.2) is 0 Å². The van der Waals surface area contributed by atoms with Gasteiger partial charge in [-0.2, -0.15) is 0 Å². The minimum atomic E-state index is 0.274. The number of ether oxygens (including phenoxy) is 2. The van der Waals surface area contributed by atoms with Crippen LogP contribution in [-0.4, -0.2) is 26.3 Å². The standard InChI is InChI=1S/C12H16ClNO2/c1-15-12-8-9(13)2-3-11(12)16-10-4-6-14-7-5-10/h2-3,8,10,14H,4-7H2,1H3. The van der Waals surface area contributed by atoms with Crippen LogP contribution in [0.5, 0.6) is 11.5 Å². The van der Waals surface area contributed by atoms with Gasteiger partial charge in [0.2, 0.25) is 0 Å². The van der Waals surface area contributed by atoms with E-state index in [2.05, 4.69) is 5.32 Å². The van der Waals surface area contributed by atoms with Crippen molar-refractivity contribution in [2.24, 2.45) is 0 Å². The molecule has 1 fully saturated rings. The Balaban J connectivity index is 2.07. The van der Waals surface area contributed by atoms with Crippen LogP contribution in [0, 0.1) is 0 Å². The molecule has 4 heteroatoms. The van der Waals surface area contributed by atoms with E-state index in [0.717, 1.165) is 31.7 Å². The number of rotatable bonds is 3. The second kappa shape index (κ2) is 5.41. The molecule has 0 radical (unpaired) electrons. The molecule has 16 heavy (non-hydrogen) atoms. The van der Waals surface area contributed by atoms with E-state index in [4.69, 9.17) is 21.1 Å². The lowest BCUT2D eigenvalue weighted by Crippen LogP contribution is -2.34. The molecule has 0 unspecified atom stereocenters. The molecule has 1 aliphatic heterocycles. The molecule has 88 valence electrons.